The number of likely N-dealkylation sites (tertiary alicyclic amines) is 1. The molecule has 0 spiro atoms. The molecule has 1 fully saturated rings. The van der Waals surface area contributed by atoms with E-state index in [0.29, 0.717) is 6.04 Å². The fraction of sp³-hybridized carbons (Fsp3) is 0.800. The Morgan fingerprint density at radius 2 is 2.26 bits per heavy atom. The molecule has 4 heteroatoms. The van der Waals surface area contributed by atoms with Crippen LogP contribution < -0.4 is 10.6 Å². The topological polar surface area (TPSA) is 39.7 Å². The second-order valence-corrected chi connectivity index (χ2v) is 5.16. The summed E-state index contributed by atoms with van der Waals surface area (Å²) in [6, 6.07) is 0.655. The highest BCUT2D eigenvalue weighted by Crippen LogP contribution is 2.16. The summed E-state index contributed by atoms with van der Waals surface area (Å²) in [4.78, 5) is 6.86. The van der Waals surface area contributed by atoms with Crippen LogP contribution >= 0.6 is 0 Å². The molecular formula is C15H30N4. The first-order chi connectivity index (χ1) is 9.31. The Balaban J connectivity index is 2.36. The van der Waals surface area contributed by atoms with Crippen molar-refractivity contribution in [3.63, 3.8) is 0 Å². The van der Waals surface area contributed by atoms with Gasteiger partial charge in [0.1, 0.15) is 0 Å². The van der Waals surface area contributed by atoms with Crippen LogP contribution in [-0.4, -0.2) is 50.1 Å². The minimum atomic E-state index is 0.655. The minimum absolute atomic E-state index is 0.655. The summed E-state index contributed by atoms with van der Waals surface area (Å²) in [5.41, 5.74) is 0. The van der Waals surface area contributed by atoms with Crippen molar-refractivity contribution in [3.05, 3.63) is 12.7 Å². The minimum Gasteiger partial charge on any atom is -0.355 e. The lowest BCUT2D eigenvalue weighted by Crippen LogP contribution is -2.49. The van der Waals surface area contributed by atoms with Gasteiger partial charge in [0.05, 0.1) is 0 Å². The molecule has 0 aliphatic carbocycles. The Labute approximate surface area is 118 Å². The zero-order chi connectivity index (χ0) is 13.9. The molecule has 1 saturated heterocycles. The SMILES string of the molecule is C=CCNC(=NC)NCC1CCCCN1CCCC. The quantitative estimate of drug-likeness (QED) is 0.420. The summed E-state index contributed by atoms with van der Waals surface area (Å²) < 4.78 is 0. The van der Waals surface area contributed by atoms with Gasteiger partial charge in [0.25, 0.3) is 0 Å². The van der Waals surface area contributed by atoms with Gasteiger partial charge >= 0.3 is 0 Å². The number of aliphatic imine (C=N–C) groups is 1. The summed E-state index contributed by atoms with van der Waals surface area (Å²) in [5.74, 6) is 0.876. The van der Waals surface area contributed by atoms with E-state index in [0.717, 1.165) is 19.0 Å². The van der Waals surface area contributed by atoms with E-state index >= 15 is 0 Å². The zero-order valence-corrected chi connectivity index (χ0v) is 12.6. The van der Waals surface area contributed by atoms with E-state index < -0.39 is 0 Å². The number of rotatable bonds is 7. The number of nitrogens with one attached hydrogen (secondary N) is 2. The van der Waals surface area contributed by atoms with Crippen LogP contribution in [0.5, 0.6) is 0 Å². The average molecular weight is 266 g/mol. The number of hydrogen-bond acceptors (Lipinski definition) is 2. The third-order valence-corrected chi connectivity index (χ3v) is 3.69. The summed E-state index contributed by atoms with van der Waals surface area (Å²) in [6.45, 7) is 10.2. The first-order valence-corrected chi connectivity index (χ1v) is 7.61. The van der Waals surface area contributed by atoms with Crippen LogP contribution in [0.2, 0.25) is 0 Å². The third kappa shape index (κ3) is 6.10. The number of hydrogen-bond donors (Lipinski definition) is 2. The van der Waals surface area contributed by atoms with Crippen molar-refractivity contribution < 1.29 is 0 Å². The number of nitrogens with zero attached hydrogens (tertiary/aromatic N) is 2. The van der Waals surface area contributed by atoms with Gasteiger partial charge in [-0.1, -0.05) is 25.8 Å². The van der Waals surface area contributed by atoms with Gasteiger partial charge < -0.3 is 10.6 Å². The van der Waals surface area contributed by atoms with E-state index in [1.165, 1.54) is 45.2 Å². The van der Waals surface area contributed by atoms with Crippen molar-refractivity contribution in [2.24, 2.45) is 4.99 Å². The molecule has 0 radical (unpaired) electrons. The second-order valence-electron chi connectivity index (χ2n) is 5.16. The maximum Gasteiger partial charge on any atom is 0.191 e. The summed E-state index contributed by atoms with van der Waals surface area (Å²) in [6.07, 6.45) is 8.44. The first-order valence-electron chi connectivity index (χ1n) is 7.61. The largest absolute Gasteiger partial charge is 0.355 e. The molecule has 1 rings (SSSR count). The smallest absolute Gasteiger partial charge is 0.191 e. The second kappa shape index (κ2) is 9.84. The lowest BCUT2D eigenvalue weighted by Gasteiger charge is -2.36. The molecule has 110 valence electrons. The third-order valence-electron chi connectivity index (χ3n) is 3.69. The van der Waals surface area contributed by atoms with E-state index in [-0.39, 0.29) is 0 Å². The monoisotopic (exact) mass is 266 g/mol. The number of piperidine rings is 1. The molecule has 1 heterocycles. The van der Waals surface area contributed by atoms with Crippen LogP contribution in [0.1, 0.15) is 39.0 Å². The Kier molecular flexibility index (Phi) is 8.30. The molecule has 0 bridgehead atoms. The molecule has 0 aromatic rings. The highest BCUT2D eigenvalue weighted by Gasteiger charge is 2.21. The fourth-order valence-electron chi connectivity index (χ4n) is 2.55. The van der Waals surface area contributed by atoms with Crippen molar-refractivity contribution in [1.82, 2.24) is 15.5 Å². The summed E-state index contributed by atoms with van der Waals surface area (Å²) in [7, 11) is 1.81. The van der Waals surface area contributed by atoms with E-state index in [9.17, 15) is 0 Å². The molecule has 4 nitrogen and oxygen atoms in total. The molecule has 1 atom stereocenters. The van der Waals surface area contributed by atoms with Gasteiger partial charge in [-0.15, -0.1) is 6.58 Å². The lowest BCUT2D eigenvalue weighted by atomic mass is 10.0. The van der Waals surface area contributed by atoms with Gasteiger partial charge in [-0.25, -0.2) is 0 Å². The average Bonchev–Trinajstić information content (AvgIpc) is 2.46. The molecule has 1 aliphatic heterocycles. The number of unbranched alkanes of at least 4 members (excludes halogenated alkanes) is 1. The van der Waals surface area contributed by atoms with E-state index in [1.54, 1.807) is 0 Å². The van der Waals surface area contributed by atoms with Gasteiger partial charge in [-0.05, 0) is 32.4 Å². The van der Waals surface area contributed by atoms with Gasteiger partial charge in [0.15, 0.2) is 5.96 Å². The molecule has 1 unspecified atom stereocenters. The van der Waals surface area contributed by atoms with Crippen molar-refractivity contribution in [2.75, 3.05) is 33.2 Å². The predicted octanol–water partition coefficient (Wildman–Crippen LogP) is 1.99. The first kappa shape index (κ1) is 16.0. The van der Waals surface area contributed by atoms with Crippen LogP contribution in [0, 0.1) is 0 Å². The normalized spacial score (nSPS) is 21.2. The standard InChI is InChI=1S/C15H30N4/c1-4-6-11-19-12-8-7-9-14(19)13-18-15(16-3)17-10-5-2/h5,14H,2,4,6-13H2,1,3H3,(H2,16,17,18). The van der Waals surface area contributed by atoms with Crippen molar-refractivity contribution in [3.8, 4) is 0 Å². The fourth-order valence-corrected chi connectivity index (χ4v) is 2.55. The summed E-state index contributed by atoms with van der Waals surface area (Å²) in [5, 5.41) is 6.65. The van der Waals surface area contributed by atoms with Gasteiger partial charge in [-0.3, -0.25) is 9.89 Å². The maximum atomic E-state index is 4.23. The Morgan fingerprint density at radius 3 is 2.95 bits per heavy atom. The van der Waals surface area contributed by atoms with Crippen molar-refractivity contribution in [2.45, 2.75) is 45.1 Å². The molecule has 0 amide bonds. The van der Waals surface area contributed by atoms with Crippen molar-refractivity contribution in [1.29, 1.82) is 0 Å². The van der Waals surface area contributed by atoms with Gasteiger partial charge in [0, 0.05) is 26.2 Å². The van der Waals surface area contributed by atoms with Crippen LogP contribution in [0.15, 0.2) is 17.6 Å². The van der Waals surface area contributed by atoms with Gasteiger partial charge in [0.2, 0.25) is 0 Å². The molecule has 0 aromatic heterocycles. The lowest BCUT2D eigenvalue weighted by molar-refractivity contribution is 0.147. The molecular weight excluding hydrogens is 236 g/mol. The van der Waals surface area contributed by atoms with Gasteiger partial charge in [-0.2, -0.15) is 0 Å². The van der Waals surface area contributed by atoms with E-state index in [1.807, 2.05) is 13.1 Å². The number of guanidine groups is 1. The van der Waals surface area contributed by atoms with Crippen molar-refractivity contribution >= 4 is 5.96 Å². The highest BCUT2D eigenvalue weighted by atomic mass is 15.2. The molecule has 2 N–H and O–H groups in total. The van der Waals surface area contributed by atoms with E-state index in [4.69, 9.17) is 0 Å². The van der Waals surface area contributed by atoms with Crippen LogP contribution in [0.25, 0.3) is 0 Å². The van der Waals surface area contributed by atoms with Crippen LogP contribution in [0.3, 0.4) is 0 Å². The molecule has 1 aliphatic rings. The Morgan fingerprint density at radius 1 is 1.42 bits per heavy atom. The Hall–Kier alpha value is -1.03. The Bertz CT molecular complexity index is 275. The molecule has 0 saturated carbocycles. The highest BCUT2D eigenvalue weighted by molar-refractivity contribution is 5.79. The van der Waals surface area contributed by atoms with Crippen LogP contribution in [0.4, 0.5) is 0 Å². The molecule has 19 heavy (non-hydrogen) atoms. The van der Waals surface area contributed by atoms with Crippen LogP contribution in [-0.2, 0) is 0 Å². The predicted molar refractivity (Wildman–Crippen MR) is 83.7 cm³/mol. The zero-order valence-electron chi connectivity index (χ0n) is 12.6. The summed E-state index contributed by atoms with van der Waals surface area (Å²) >= 11 is 0. The van der Waals surface area contributed by atoms with E-state index in [2.05, 4.69) is 34.0 Å². The maximum absolute atomic E-state index is 4.23. The molecule has 0 aromatic carbocycles.